The number of anilines is 1. The zero-order chi connectivity index (χ0) is 13.1. The Morgan fingerprint density at radius 2 is 2.17 bits per heavy atom. The topological polar surface area (TPSA) is 82.7 Å². The summed E-state index contributed by atoms with van der Waals surface area (Å²) >= 11 is 0. The van der Waals surface area contributed by atoms with Crippen LogP contribution in [0, 0.1) is 5.82 Å². The zero-order valence-corrected chi connectivity index (χ0v) is 9.18. The highest BCUT2D eigenvalue weighted by atomic mass is 19.1. The molecule has 0 aliphatic carbocycles. The highest BCUT2D eigenvalue weighted by Crippen LogP contribution is 2.20. The minimum atomic E-state index is -1.07. The van der Waals surface area contributed by atoms with Gasteiger partial charge in [0.15, 0.2) is 11.6 Å². The van der Waals surface area contributed by atoms with Crippen molar-refractivity contribution in [3.05, 3.63) is 47.7 Å². The van der Waals surface area contributed by atoms with E-state index in [0.717, 1.165) is 12.3 Å². The maximum atomic E-state index is 13.0. The summed E-state index contributed by atoms with van der Waals surface area (Å²) in [6, 6.07) is 5.24. The van der Waals surface area contributed by atoms with Crippen molar-refractivity contribution >= 4 is 11.7 Å². The number of carbonyl (C=O) groups is 1. The van der Waals surface area contributed by atoms with Crippen LogP contribution in [0.5, 0.6) is 5.75 Å². The van der Waals surface area contributed by atoms with Gasteiger partial charge in [0.05, 0.1) is 12.1 Å². The first-order valence-electron chi connectivity index (χ1n) is 5.09. The predicted octanol–water partition coefficient (Wildman–Crippen LogP) is 2.43. The van der Waals surface area contributed by atoms with Gasteiger partial charge < -0.3 is 19.9 Å². The molecular weight excluding hydrogens is 241 g/mol. The standard InChI is InChI=1S/C12H10FNO4/c13-10-4-8(1-2-11(10)15)14-5-9-3-7(6-18-9)12(16)17/h1-4,6,14-15H,5H2,(H,16,17). The molecule has 18 heavy (non-hydrogen) atoms. The number of halogens is 1. The fourth-order valence-electron chi connectivity index (χ4n) is 1.39. The molecule has 0 unspecified atom stereocenters. The number of benzene rings is 1. The van der Waals surface area contributed by atoms with E-state index in [0.29, 0.717) is 11.4 Å². The molecule has 6 heteroatoms. The molecule has 1 aromatic carbocycles. The number of phenols is 1. The number of nitrogens with one attached hydrogen (secondary N) is 1. The molecule has 0 spiro atoms. The Hall–Kier alpha value is -2.50. The lowest BCUT2D eigenvalue weighted by atomic mass is 10.2. The van der Waals surface area contributed by atoms with Crippen LogP contribution in [0.2, 0.25) is 0 Å². The minimum absolute atomic E-state index is 0.0590. The van der Waals surface area contributed by atoms with Gasteiger partial charge in [-0.25, -0.2) is 9.18 Å². The van der Waals surface area contributed by atoms with E-state index < -0.39 is 17.5 Å². The van der Waals surface area contributed by atoms with Gasteiger partial charge in [0.2, 0.25) is 0 Å². The SMILES string of the molecule is O=C(O)c1coc(CNc2ccc(O)c(F)c2)c1. The summed E-state index contributed by atoms with van der Waals surface area (Å²) in [6.45, 7) is 0.220. The molecule has 0 saturated heterocycles. The third-order valence-corrected chi connectivity index (χ3v) is 2.32. The summed E-state index contributed by atoms with van der Waals surface area (Å²) in [5.41, 5.74) is 0.516. The van der Waals surface area contributed by atoms with Crippen LogP contribution in [0.4, 0.5) is 10.1 Å². The first-order chi connectivity index (χ1) is 8.56. The summed E-state index contributed by atoms with van der Waals surface area (Å²) in [4.78, 5) is 10.6. The van der Waals surface area contributed by atoms with Gasteiger partial charge in [0, 0.05) is 11.8 Å². The molecule has 0 atom stereocenters. The second kappa shape index (κ2) is 4.79. The van der Waals surface area contributed by atoms with E-state index in [-0.39, 0.29) is 12.1 Å². The Balaban J connectivity index is 2.02. The fraction of sp³-hybridized carbons (Fsp3) is 0.0833. The largest absolute Gasteiger partial charge is 0.505 e. The minimum Gasteiger partial charge on any atom is -0.505 e. The molecule has 1 aromatic heterocycles. The van der Waals surface area contributed by atoms with Crippen LogP contribution in [-0.2, 0) is 6.54 Å². The lowest BCUT2D eigenvalue weighted by Gasteiger charge is -2.04. The lowest BCUT2D eigenvalue weighted by molar-refractivity contribution is 0.0696. The third kappa shape index (κ3) is 2.60. The van der Waals surface area contributed by atoms with E-state index >= 15 is 0 Å². The van der Waals surface area contributed by atoms with Gasteiger partial charge in [-0.05, 0) is 18.2 Å². The molecule has 0 bridgehead atoms. The summed E-state index contributed by atoms with van der Waals surface area (Å²) in [7, 11) is 0. The summed E-state index contributed by atoms with van der Waals surface area (Å²) in [5, 5.41) is 20.5. The average Bonchev–Trinajstić information content (AvgIpc) is 2.79. The van der Waals surface area contributed by atoms with Crippen molar-refractivity contribution in [2.75, 3.05) is 5.32 Å². The van der Waals surface area contributed by atoms with Crippen molar-refractivity contribution in [1.82, 2.24) is 0 Å². The van der Waals surface area contributed by atoms with Gasteiger partial charge in [0.25, 0.3) is 0 Å². The fourth-order valence-corrected chi connectivity index (χ4v) is 1.39. The number of hydrogen-bond acceptors (Lipinski definition) is 4. The second-order valence-electron chi connectivity index (χ2n) is 3.63. The maximum Gasteiger partial charge on any atom is 0.338 e. The molecule has 2 rings (SSSR count). The van der Waals surface area contributed by atoms with Gasteiger partial charge in [-0.3, -0.25) is 0 Å². The molecule has 0 aliphatic heterocycles. The van der Waals surface area contributed by atoms with Crippen molar-refractivity contribution in [1.29, 1.82) is 0 Å². The van der Waals surface area contributed by atoms with Crippen LogP contribution in [0.25, 0.3) is 0 Å². The quantitative estimate of drug-likeness (QED) is 0.727. The highest BCUT2D eigenvalue weighted by Gasteiger charge is 2.08. The third-order valence-electron chi connectivity index (χ3n) is 2.32. The smallest absolute Gasteiger partial charge is 0.338 e. The normalized spacial score (nSPS) is 10.3. The molecule has 0 aliphatic rings. The van der Waals surface area contributed by atoms with E-state index in [9.17, 15) is 9.18 Å². The lowest BCUT2D eigenvalue weighted by Crippen LogP contribution is -1.99. The number of hydrogen-bond donors (Lipinski definition) is 3. The molecule has 0 saturated carbocycles. The number of rotatable bonds is 4. The van der Waals surface area contributed by atoms with Gasteiger partial charge in [0.1, 0.15) is 12.0 Å². The van der Waals surface area contributed by atoms with E-state index in [1.165, 1.54) is 18.2 Å². The molecule has 5 nitrogen and oxygen atoms in total. The predicted molar refractivity (Wildman–Crippen MR) is 61.1 cm³/mol. The van der Waals surface area contributed by atoms with E-state index in [1.54, 1.807) is 0 Å². The monoisotopic (exact) mass is 251 g/mol. The molecule has 0 amide bonds. The van der Waals surface area contributed by atoms with Crippen molar-refractivity contribution in [3.63, 3.8) is 0 Å². The van der Waals surface area contributed by atoms with Crippen LogP contribution >= 0.6 is 0 Å². The molecule has 0 radical (unpaired) electrons. The number of furan rings is 1. The van der Waals surface area contributed by atoms with Crippen LogP contribution in [-0.4, -0.2) is 16.2 Å². The number of carboxylic acids is 1. The molecule has 3 N–H and O–H groups in total. The van der Waals surface area contributed by atoms with Gasteiger partial charge in [-0.1, -0.05) is 0 Å². The van der Waals surface area contributed by atoms with Gasteiger partial charge in [-0.15, -0.1) is 0 Å². The Morgan fingerprint density at radius 1 is 1.39 bits per heavy atom. The number of carboxylic acid groups (broad SMARTS) is 1. The van der Waals surface area contributed by atoms with Crippen molar-refractivity contribution < 1.29 is 23.8 Å². The summed E-state index contributed by atoms with van der Waals surface area (Å²) < 4.78 is 18.0. The Bertz CT molecular complexity index is 579. The van der Waals surface area contributed by atoms with Crippen molar-refractivity contribution in [2.45, 2.75) is 6.54 Å². The summed E-state index contributed by atoms with van der Waals surface area (Å²) in [6.07, 6.45) is 1.14. The number of aromatic carboxylic acids is 1. The van der Waals surface area contributed by atoms with E-state index in [4.69, 9.17) is 14.6 Å². The molecule has 1 heterocycles. The van der Waals surface area contributed by atoms with E-state index in [2.05, 4.69) is 5.32 Å². The number of phenolic OH excluding ortho intramolecular Hbond substituents is 1. The average molecular weight is 251 g/mol. The highest BCUT2D eigenvalue weighted by molar-refractivity contribution is 5.87. The first-order valence-corrected chi connectivity index (χ1v) is 5.09. The number of aromatic hydroxyl groups is 1. The maximum absolute atomic E-state index is 13.0. The Kier molecular flexibility index (Phi) is 3.18. The van der Waals surface area contributed by atoms with Gasteiger partial charge >= 0.3 is 5.97 Å². The Morgan fingerprint density at radius 3 is 2.78 bits per heavy atom. The zero-order valence-electron chi connectivity index (χ0n) is 9.18. The molecular formula is C12H10FNO4. The van der Waals surface area contributed by atoms with Crippen LogP contribution < -0.4 is 5.32 Å². The van der Waals surface area contributed by atoms with Crippen molar-refractivity contribution in [2.24, 2.45) is 0 Å². The van der Waals surface area contributed by atoms with Crippen LogP contribution in [0.3, 0.4) is 0 Å². The molecule has 2 aromatic rings. The van der Waals surface area contributed by atoms with Crippen LogP contribution in [0.1, 0.15) is 16.1 Å². The Labute approximate surface area is 101 Å². The van der Waals surface area contributed by atoms with E-state index in [1.807, 2.05) is 0 Å². The van der Waals surface area contributed by atoms with Gasteiger partial charge in [-0.2, -0.15) is 0 Å². The first kappa shape index (κ1) is 12.0. The summed E-state index contributed by atoms with van der Waals surface area (Å²) in [5.74, 6) is -1.81. The molecule has 94 valence electrons. The second-order valence-corrected chi connectivity index (χ2v) is 3.63. The molecule has 0 fully saturated rings. The van der Waals surface area contributed by atoms with Crippen molar-refractivity contribution in [3.8, 4) is 5.75 Å². The van der Waals surface area contributed by atoms with Crippen LogP contribution in [0.15, 0.2) is 34.9 Å².